The maximum atomic E-state index is 12.1. The number of hydrogen-bond acceptors (Lipinski definition) is 2. The largest absolute Gasteiger partial charge is 0.219 e. The number of nitrogens with zero attached hydrogens (tertiary/aromatic N) is 1. The van der Waals surface area contributed by atoms with Crippen molar-refractivity contribution < 1.29 is 8.42 Å². The standard InChI is InChI=1S/C12H17NO2S/c1-12(2,3)16(14,15)13-9-11(13)10-7-5-4-6-8-10/h4-8,11H,9H2,1-3H3/t11-,13?/m1/s1. The molecule has 1 aromatic rings. The van der Waals surface area contributed by atoms with E-state index in [1.165, 1.54) is 0 Å². The highest BCUT2D eigenvalue weighted by Gasteiger charge is 2.49. The monoisotopic (exact) mass is 239 g/mol. The van der Waals surface area contributed by atoms with Crippen molar-refractivity contribution in [2.24, 2.45) is 0 Å². The van der Waals surface area contributed by atoms with Crippen LogP contribution in [0.25, 0.3) is 0 Å². The van der Waals surface area contributed by atoms with Crippen LogP contribution in [0.15, 0.2) is 30.3 Å². The van der Waals surface area contributed by atoms with Crippen LogP contribution in [0.4, 0.5) is 0 Å². The van der Waals surface area contributed by atoms with E-state index in [1.54, 1.807) is 25.1 Å². The highest BCUT2D eigenvalue weighted by Crippen LogP contribution is 2.41. The van der Waals surface area contributed by atoms with E-state index in [0.29, 0.717) is 6.54 Å². The van der Waals surface area contributed by atoms with Crippen molar-refractivity contribution in [2.75, 3.05) is 6.54 Å². The molecule has 0 aromatic heterocycles. The molecule has 2 rings (SSSR count). The fourth-order valence-electron chi connectivity index (χ4n) is 1.69. The number of benzene rings is 1. The molecule has 2 atom stereocenters. The summed E-state index contributed by atoms with van der Waals surface area (Å²) < 4.78 is 25.1. The van der Waals surface area contributed by atoms with Crippen LogP contribution >= 0.6 is 0 Å². The third kappa shape index (κ3) is 1.87. The average Bonchev–Trinajstić information content (AvgIpc) is 2.97. The molecule has 1 aliphatic heterocycles. The van der Waals surface area contributed by atoms with Crippen LogP contribution < -0.4 is 0 Å². The van der Waals surface area contributed by atoms with Gasteiger partial charge in [-0.3, -0.25) is 0 Å². The van der Waals surface area contributed by atoms with E-state index >= 15 is 0 Å². The molecule has 4 heteroatoms. The molecule has 0 spiro atoms. The lowest BCUT2D eigenvalue weighted by atomic mass is 10.2. The number of sulfonamides is 1. The van der Waals surface area contributed by atoms with Gasteiger partial charge in [0.2, 0.25) is 10.0 Å². The smallest absolute Gasteiger partial charge is 0.212 e. The van der Waals surface area contributed by atoms with E-state index in [2.05, 4.69) is 0 Å². The van der Waals surface area contributed by atoms with E-state index in [-0.39, 0.29) is 6.04 Å². The topological polar surface area (TPSA) is 37.1 Å². The van der Waals surface area contributed by atoms with Crippen molar-refractivity contribution in [1.29, 1.82) is 0 Å². The Kier molecular flexibility index (Phi) is 2.59. The Labute approximate surface area is 97.1 Å². The lowest BCUT2D eigenvalue weighted by molar-refractivity contribution is 0.517. The van der Waals surface area contributed by atoms with Crippen LogP contribution in [0.1, 0.15) is 32.4 Å². The fraction of sp³-hybridized carbons (Fsp3) is 0.500. The molecule has 0 amide bonds. The predicted molar refractivity (Wildman–Crippen MR) is 64.6 cm³/mol. The van der Waals surface area contributed by atoms with Crippen molar-refractivity contribution in [3.8, 4) is 0 Å². The summed E-state index contributed by atoms with van der Waals surface area (Å²) in [5.41, 5.74) is 1.08. The van der Waals surface area contributed by atoms with E-state index in [9.17, 15) is 8.42 Å². The van der Waals surface area contributed by atoms with Gasteiger partial charge < -0.3 is 0 Å². The third-order valence-corrected chi connectivity index (χ3v) is 5.40. The Morgan fingerprint density at radius 3 is 2.25 bits per heavy atom. The number of hydrogen-bond donors (Lipinski definition) is 0. The van der Waals surface area contributed by atoms with Gasteiger partial charge in [0.1, 0.15) is 0 Å². The maximum Gasteiger partial charge on any atom is 0.219 e. The first-order valence-corrected chi connectivity index (χ1v) is 6.84. The quantitative estimate of drug-likeness (QED) is 0.742. The van der Waals surface area contributed by atoms with Crippen molar-refractivity contribution in [2.45, 2.75) is 31.6 Å². The zero-order valence-electron chi connectivity index (χ0n) is 9.84. The normalized spacial score (nSPS) is 25.4. The van der Waals surface area contributed by atoms with E-state index < -0.39 is 14.8 Å². The molecule has 1 saturated heterocycles. The van der Waals surface area contributed by atoms with Gasteiger partial charge in [0.25, 0.3) is 0 Å². The summed E-state index contributed by atoms with van der Waals surface area (Å²) in [5, 5.41) is 0. The third-order valence-electron chi connectivity index (χ3n) is 2.83. The molecule has 1 heterocycles. The molecule has 0 N–H and O–H groups in total. The fourth-order valence-corrected chi connectivity index (χ4v) is 3.19. The van der Waals surface area contributed by atoms with Gasteiger partial charge in [-0.15, -0.1) is 0 Å². The Morgan fingerprint density at radius 1 is 1.19 bits per heavy atom. The molecular formula is C12H17NO2S. The molecule has 1 aliphatic rings. The summed E-state index contributed by atoms with van der Waals surface area (Å²) in [4.78, 5) is 0. The second kappa shape index (κ2) is 3.57. The minimum Gasteiger partial charge on any atom is -0.212 e. The molecular weight excluding hydrogens is 222 g/mol. The van der Waals surface area contributed by atoms with Gasteiger partial charge in [0, 0.05) is 6.54 Å². The molecule has 1 aromatic carbocycles. The molecule has 1 fully saturated rings. The lowest BCUT2D eigenvalue weighted by Crippen LogP contribution is -2.33. The van der Waals surface area contributed by atoms with Gasteiger partial charge in [-0.1, -0.05) is 30.3 Å². The van der Waals surface area contributed by atoms with E-state index in [0.717, 1.165) is 5.56 Å². The van der Waals surface area contributed by atoms with Gasteiger partial charge in [0.05, 0.1) is 10.8 Å². The predicted octanol–water partition coefficient (Wildman–Crippen LogP) is 2.17. The Hall–Kier alpha value is -0.870. The molecule has 0 bridgehead atoms. The second-order valence-corrected chi connectivity index (χ2v) is 7.76. The zero-order chi connectivity index (χ0) is 12.0. The van der Waals surface area contributed by atoms with Gasteiger partial charge >= 0.3 is 0 Å². The summed E-state index contributed by atoms with van der Waals surface area (Å²) in [7, 11) is -3.17. The summed E-state index contributed by atoms with van der Waals surface area (Å²) in [6.45, 7) is 5.83. The Morgan fingerprint density at radius 2 is 1.75 bits per heavy atom. The first kappa shape index (κ1) is 11.6. The Bertz CT molecular complexity index is 473. The summed E-state index contributed by atoms with van der Waals surface area (Å²) in [6, 6.07) is 9.82. The molecule has 3 nitrogen and oxygen atoms in total. The maximum absolute atomic E-state index is 12.1. The summed E-state index contributed by atoms with van der Waals surface area (Å²) >= 11 is 0. The van der Waals surface area contributed by atoms with E-state index in [1.807, 2.05) is 30.3 Å². The van der Waals surface area contributed by atoms with Crippen molar-refractivity contribution >= 4 is 10.0 Å². The lowest BCUT2D eigenvalue weighted by Gasteiger charge is -2.20. The van der Waals surface area contributed by atoms with Crippen molar-refractivity contribution in [3.63, 3.8) is 0 Å². The molecule has 16 heavy (non-hydrogen) atoms. The molecule has 0 saturated carbocycles. The van der Waals surface area contributed by atoms with Crippen molar-refractivity contribution in [1.82, 2.24) is 4.31 Å². The van der Waals surface area contributed by atoms with Crippen LogP contribution in [0.5, 0.6) is 0 Å². The summed E-state index contributed by atoms with van der Waals surface area (Å²) in [6.07, 6.45) is 0. The van der Waals surface area contributed by atoms with Crippen LogP contribution in [0.2, 0.25) is 0 Å². The second-order valence-electron chi connectivity index (χ2n) is 5.11. The van der Waals surface area contributed by atoms with Crippen LogP contribution in [-0.4, -0.2) is 24.0 Å². The van der Waals surface area contributed by atoms with Gasteiger partial charge in [-0.2, -0.15) is 4.31 Å². The highest BCUT2D eigenvalue weighted by molar-refractivity contribution is 7.90. The first-order valence-electron chi connectivity index (χ1n) is 5.40. The zero-order valence-corrected chi connectivity index (χ0v) is 10.7. The first-order chi connectivity index (χ1) is 7.34. The minimum absolute atomic E-state index is 0.0467. The molecule has 0 aliphatic carbocycles. The highest BCUT2D eigenvalue weighted by atomic mass is 32.2. The van der Waals surface area contributed by atoms with Crippen molar-refractivity contribution in [3.05, 3.63) is 35.9 Å². The van der Waals surface area contributed by atoms with Gasteiger partial charge in [-0.05, 0) is 26.3 Å². The summed E-state index contributed by atoms with van der Waals surface area (Å²) in [5.74, 6) is 0. The van der Waals surface area contributed by atoms with Crippen LogP contribution in [-0.2, 0) is 10.0 Å². The van der Waals surface area contributed by atoms with Gasteiger partial charge in [-0.25, -0.2) is 8.42 Å². The average molecular weight is 239 g/mol. The molecule has 0 radical (unpaired) electrons. The Balaban J connectivity index is 2.20. The number of rotatable bonds is 2. The molecule has 88 valence electrons. The minimum atomic E-state index is -3.17. The van der Waals surface area contributed by atoms with E-state index in [4.69, 9.17) is 0 Å². The SMILES string of the molecule is CC(C)(C)S(=O)(=O)N1C[C@@H]1c1ccccc1. The molecule has 1 unspecified atom stereocenters. The van der Waals surface area contributed by atoms with Crippen LogP contribution in [0.3, 0.4) is 0 Å². The van der Waals surface area contributed by atoms with Gasteiger partial charge in [0.15, 0.2) is 0 Å². The van der Waals surface area contributed by atoms with Crippen LogP contribution in [0, 0.1) is 0 Å².